The second kappa shape index (κ2) is 9.18. The zero-order chi connectivity index (χ0) is 23.8. The normalized spacial score (nSPS) is 12.1. The zero-order valence-electron chi connectivity index (χ0n) is 19.7. The van der Waals surface area contributed by atoms with Crippen LogP contribution in [0.25, 0.3) is 51.8 Å². The van der Waals surface area contributed by atoms with Crippen molar-refractivity contribution in [2.45, 2.75) is 13.8 Å². The van der Waals surface area contributed by atoms with Gasteiger partial charge in [-0.2, -0.15) is 0 Å². The average Bonchev–Trinajstić information content (AvgIpc) is 3.58. The first-order valence-corrected chi connectivity index (χ1v) is 13.4. The van der Waals surface area contributed by atoms with Gasteiger partial charge in [0.1, 0.15) is 0 Å². The molecular formula is C32H25NS2. The highest BCUT2D eigenvalue weighted by Gasteiger charge is 2.13. The summed E-state index contributed by atoms with van der Waals surface area (Å²) in [7, 11) is 0. The second-order valence-corrected chi connectivity index (χ2v) is 11.4. The first-order chi connectivity index (χ1) is 17.1. The molecule has 3 heterocycles. The second-order valence-electron chi connectivity index (χ2n) is 8.79. The minimum absolute atomic E-state index is 1.18. The van der Waals surface area contributed by atoms with Crippen LogP contribution < -0.4 is 0 Å². The third kappa shape index (κ3) is 4.41. The van der Waals surface area contributed by atoms with Crippen LogP contribution in [0.4, 0.5) is 0 Å². The molecule has 3 aromatic heterocycles. The lowest BCUT2D eigenvalue weighted by Crippen LogP contribution is -1.92. The van der Waals surface area contributed by atoms with E-state index in [-0.39, 0.29) is 0 Å². The van der Waals surface area contributed by atoms with Gasteiger partial charge < -0.3 is 4.57 Å². The Labute approximate surface area is 213 Å². The summed E-state index contributed by atoms with van der Waals surface area (Å²) in [5.74, 6) is 0. The number of aromatic nitrogens is 1. The number of nitrogens with zero attached hydrogens (tertiary/aromatic N) is 1. The quantitative estimate of drug-likeness (QED) is 0.228. The number of hydrogen-bond acceptors (Lipinski definition) is 2. The lowest BCUT2D eigenvalue weighted by molar-refractivity contribution is 1.18. The molecule has 1 nitrogen and oxygen atoms in total. The highest BCUT2D eigenvalue weighted by Crippen LogP contribution is 2.34. The van der Waals surface area contributed by atoms with E-state index in [2.05, 4.69) is 134 Å². The maximum absolute atomic E-state index is 2.37. The van der Waals surface area contributed by atoms with E-state index in [9.17, 15) is 0 Å². The van der Waals surface area contributed by atoms with Gasteiger partial charge in [0.2, 0.25) is 0 Å². The Morgan fingerprint density at radius 1 is 0.543 bits per heavy atom. The molecule has 0 radical (unpaired) electrons. The molecule has 3 aromatic carbocycles. The molecule has 0 N–H and O–H groups in total. The molecule has 170 valence electrons. The van der Waals surface area contributed by atoms with Crippen LogP contribution in [0.3, 0.4) is 0 Å². The van der Waals surface area contributed by atoms with Crippen LogP contribution in [-0.2, 0) is 0 Å². The van der Waals surface area contributed by atoms with Gasteiger partial charge in [-0.1, -0.05) is 42.5 Å². The molecule has 35 heavy (non-hydrogen) atoms. The van der Waals surface area contributed by atoms with Crippen molar-refractivity contribution in [1.29, 1.82) is 0 Å². The van der Waals surface area contributed by atoms with Gasteiger partial charge in [0, 0.05) is 36.0 Å². The Kier molecular flexibility index (Phi) is 5.73. The Bertz CT molecular complexity index is 1600. The zero-order valence-corrected chi connectivity index (χ0v) is 21.4. The van der Waals surface area contributed by atoms with Gasteiger partial charge >= 0.3 is 0 Å². The fourth-order valence-corrected chi connectivity index (χ4v) is 6.12. The molecule has 0 aliphatic rings. The van der Waals surface area contributed by atoms with Crippen molar-refractivity contribution in [3.05, 3.63) is 122 Å². The molecule has 0 saturated carbocycles. The third-order valence-corrected chi connectivity index (χ3v) is 8.16. The number of hydrogen-bond donors (Lipinski definition) is 0. The number of aryl methyl sites for hydroxylation is 2. The first kappa shape index (κ1) is 21.8. The van der Waals surface area contributed by atoms with Gasteiger partial charge in [0.25, 0.3) is 0 Å². The Hall–Kier alpha value is -3.66. The molecule has 3 heteroatoms. The van der Waals surface area contributed by atoms with E-state index in [1.54, 1.807) is 0 Å². The van der Waals surface area contributed by atoms with E-state index >= 15 is 0 Å². The lowest BCUT2D eigenvalue weighted by Gasteiger charge is -2.07. The molecular weight excluding hydrogens is 462 g/mol. The highest BCUT2D eigenvalue weighted by atomic mass is 32.1. The van der Waals surface area contributed by atoms with Gasteiger partial charge in [0.15, 0.2) is 0 Å². The molecule has 0 bridgehead atoms. The first-order valence-electron chi connectivity index (χ1n) is 11.8. The maximum atomic E-state index is 2.37. The van der Waals surface area contributed by atoms with Gasteiger partial charge in [0.05, 0.1) is 11.0 Å². The van der Waals surface area contributed by atoms with E-state index in [1.807, 2.05) is 22.7 Å². The lowest BCUT2D eigenvalue weighted by atomic mass is 10.1. The molecule has 6 aromatic rings. The van der Waals surface area contributed by atoms with E-state index in [0.717, 1.165) is 0 Å². The predicted octanol–water partition coefficient (Wildman–Crippen LogP) is 9.86. The molecule has 0 spiro atoms. The number of thiophene rings is 2. The molecule has 6 rings (SSSR count). The monoisotopic (exact) mass is 487 g/mol. The molecule has 0 saturated heterocycles. The van der Waals surface area contributed by atoms with Crippen LogP contribution in [0.2, 0.25) is 0 Å². The molecule has 0 aliphatic carbocycles. The Balaban J connectivity index is 1.50. The van der Waals surface area contributed by atoms with Crippen LogP contribution >= 0.6 is 22.7 Å². The molecule has 0 unspecified atom stereocenters. The smallest absolute Gasteiger partial charge is 0.0541 e. The van der Waals surface area contributed by atoms with Crippen molar-refractivity contribution >= 4 is 68.8 Å². The van der Waals surface area contributed by atoms with Crippen LogP contribution in [0, 0.1) is 13.8 Å². The summed E-state index contributed by atoms with van der Waals surface area (Å²) in [4.78, 5) is 5.24. The van der Waals surface area contributed by atoms with Crippen molar-refractivity contribution in [1.82, 2.24) is 4.57 Å². The van der Waals surface area contributed by atoms with E-state index in [4.69, 9.17) is 0 Å². The summed E-state index contributed by atoms with van der Waals surface area (Å²) in [5, 5.41) is 2.55. The fraction of sp³-hybridized carbons (Fsp3) is 0.0625. The molecule has 0 aliphatic heterocycles. The topological polar surface area (TPSA) is 4.93 Å². The highest BCUT2D eigenvalue weighted by molar-refractivity contribution is 7.13. The van der Waals surface area contributed by atoms with Gasteiger partial charge in [-0.25, -0.2) is 0 Å². The maximum Gasteiger partial charge on any atom is 0.0541 e. The summed E-state index contributed by atoms with van der Waals surface area (Å²) in [5.41, 5.74) is 6.06. The summed E-state index contributed by atoms with van der Waals surface area (Å²) in [6.07, 6.45) is 8.87. The summed E-state index contributed by atoms with van der Waals surface area (Å²) in [6.45, 7) is 4.30. The van der Waals surface area contributed by atoms with Gasteiger partial charge in [-0.3, -0.25) is 0 Å². The largest absolute Gasteiger partial charge is 0.309 e. The SMILES string of the molecule is Cc1ccc(/C=C/c2ccc3c(c2)c2cc(/C=C/c4ccc(C)s4)ccc2n3-c2ccccc2)s1. The van der Waals surface area contributed by atoms with Crippen molar-refractivity contribution in [2.75, 3.05) is 0 Å². The minimum Gasteiger partial charge on any atom is -0.309 e. The predicted molar refractivity (Wildman–Crippen MR) is 157 cm³/mol. The van der Waals surface area contributed by atoms with Crippen molar-refractivity contribution < 1.29 is 0 Å². The molecule has 0 fully saturated rings. The standard InChI is InChI=1S/C32H25NS2/c1-22-8-14-27(34-22)16-10-24-12-18-31-29(20-24)30-21-25(11-17-28-15-9-23(2)35-28)13-19-32(30)33(31)26-6-4-3-5-7-26/h3-21H,1-2H3/b16-10+,17-11+. The minimum atomic E-state index is 1.18. The van der Waals surface area contributed by atoms with Crippen molar-refractivity contribution in [3.8, 4) is 5.69 Å². The van der Waals surface area contributed by atoms with Crippen LogP contribution in [0.5, 0.6) is 0 Å². The van der Waals surface area contributed by atoms with Gasteiger partial charge in [-0.05, 0) is 97.8 Å². The fourth-order valence-electron chi connectivity index (χ4n) is 4.56. The van der Waals surface area contributed by atoms with E-state index in [0.29, 0.717) is 0 Å². The van der Waals surface area contributed by atoms with Crippen molar-refractivity contribution in [3.63, 3.8) is 0 Å². The van der Waals surface area contributed by atoms with Crippen LogP contribution in [0.15, 0.2) is 91.0 Å². The number of benzene rings is 3. The van der Waals surface area contributed by atoms with Crippen LogP contribution in [0.1, 0.15) is 30.6 Å². The number of fused-ring (bicyclic) bond motifs is 3. The van der Waals surface area contributed by atoms with E-state index in [1.165, 1.54) is 58.1 Å². The van der Waals surface area contributed by atoms with Gasteiger partial charge in [-0.15, -0.1) is 22.7 Å². The van der Waals surface area contributed by atoms with E-state index < -0.39 is 0 Å². The summed E-state index contributed by atoms with van der Waals surface area (Å²) in [6, 6.07) is 33.0. The molecule has 0 amide bonds. The third-order valence-electron chi connectivity index (χ3n) is 6.23. The Morgan fingerprint density at radius 3 is 1.51 bits per heavy atom. The number of para-hydroxylation sites is 1. The van der Waals surface area contributed by atoms with Crippen LogP contribution in [-0.4, -0.2) is 4.57 Å². The number of rotatable bonds is 5. The van der Waals surface area contributed by atoms with Crippen molar-refractivity contribution in [2.24, 2.45) is 0 Å². The summed E-state index contributed by atoms with van der Waals surface area (Å²) < 4.78 is 2.37. The summed E-state index contributed by atoms with van der Waals surface area (Å²) >= 11 is 3.65. The Morgan fingerprint density at radius 2 is 1.06 bits per heavy atom. The average molecular weight is 488 g/mol. The molecule has 0 atom stereocenters.